The minimum atomic E-state index is -3.89. The van der Waals surface area contributed by atoms with Gasteiger partial charge in [0.1, 0.15) is 4.90 Å². The zero-order valence-electron chi connectivity index (χ0n) is 15.1. The van der Waals surface area contributed by atoms with Gasteiger partial charge in [0, 0.05) is 17.8 Å². The molecule has 0 saturated carbocycles. The fraction of sp³-hybridized carbons (Fsp3) is 0.0952. The second kappa shape index (κ2) is 8.56. The molecule has 3 aromatic rings. The van der Waals surface area contributed by atoms with E-state index in [-0.39, 0.29) is 22.0 Å². The number of anilines is 1. The van der Waals surface area contributed by atoms with Gasteiger partial charge in [-0.25, -0.2) is 13.1 Å². The first-order chi connectivity index (χ1) is 13.3. The van der Waals surface area contributed by atoms with Gasteiger partial charge in [0.15, 0.2) is 0 Å². The Bertz CT molecular complexity index is 1100. The molecule has 0 aliphatic heterocycles. The Balaban J connectivity index is 1.81. The van der Waals surface area contributed by atoms with E-state index in [9.17, 15) is 13.2 Å². The number of carbonyl (C=O) groups is 1. The van der Waals surface area contributed by atoms with Crippen molar-refractivity contribution in [3.05, 3.63) is 94.5 Å². The van der Waals surface area contributed by atoms with Gasteiger partial charge in [-0.1, -0.05) is 54.1 Å². The minimum Gasteiger partial charge on any atom is -0.322 e. The molecule has 0 bridgehead atoms. The number of halogens is 1. The quantitative estimate of drug-likeness (QED) is 0.628. The van der Waals surface area contributed by atoms with Crippen molar-refractivity contribution in [3.63, 3.8) is 0 Å². The lowest BCUT2D eigenvalue weighted by Crippen LogP contribution is -2.24. The van der Waals surface area contributed by atoms with Crippen molar-refractivity contribution in [2.75, 3.05) is 5.32 Å². The fourth-order valence-electron chi connectivity index (χ4n) is 2.63. The van der Waals surface area contributed by atoms with Crippen LogP contribution in [0.3, 0.4) is 0 Å². The van der Waals surface area contributed by atoms with E-state index in [1.165, 1.54) is 18.2 Å². The highest BCUT2D eigenvalue weighted by Crippen LogP contribution is 2.23. The molecule has 28 heavy (non-hydrogen) atoms. The van der Waals surface area contributed by atoms with E-state index >= 15 is 0 Å². The van der Waals surface area contributed by atoms with Crippen LogP contribution in [0.1, 0.15) is 21.5 Å². The molecular weight excluding hydrogens is 396 g/mol. The fourth-order valence-corrected chi connectivity index (χ4v) is 4.17. The van der Waals surface area contributed by atoms with Crippen LogP contribution in [0.5, 0.6) is 0 Å². The van der Waals surface area contributed by atoms with Crippen LogP contribution in [0.25, 0.3) is 0 Å². The molecule has 0 radical (unpaired) electrons. The van der Waals surface area contributed by atoms with Crippen molar-refractivity contribution in [3.8, 4) is 0 Å². The van der Waals surface area contributed by atoms with Crippen LogP contribution >= 0.6 is 11.6 Å². The summed E-state index contributed by atoms with van der Waals surface area (Å²) in [4.78, 5) is 12.4. The number of aryl methyl sites for hydroxylation is 1. The Labute approximate surface area is 169 Å². The average molecular weight is 415 g/mol. The molecule has 0 aliphatic rings. The Kier molecular flexibility index (Phi) is 6.14. The van der Waals surface area contributed by atoms with Gasteiger partial charge in [0.2, 0.25) is 10.0 Å². The topological polar surface area (TPSA) is 75.3 Å². The first-order valence-corrected chi connectivity index (χ1v) is 10.4. The highest BCUT2D eigenvalue weighted by Gasteiger charge is 2.20. The van der Waals surface area contributed by atoms with Crippen molar-refractivity contribution in [1.29, 1.82) is 0 Å². The number of benzene rings is 3. The summed E-state index contributed by atoms with van der Waals surface area (Å²) >= 11 is 6.10. The van der Waals surface area contributed by atoms with Gasteiger partial charge in [-0.3, -0.25) is 4.79 Å². The maximum Gasteiger partial charge on any atom is 0.255 e. The average Bonchev–Trinajstić information content (AvgIpc) is 2.67. The van der Waals surface area contributed by atoms with Gasteiger partial charge in [-0.2, -0.15) is 0 Å². The van der Waals surface area contributed by atoms with Gasteiger partial charge in [-0.15, -0.1) is 0 Å². The van der Waals surface area contributed by atoms with E-state index in [0.717, 1.165) is 11.1 Å². The maximum atomic E-state index is 12.7. The summed E-state index contributed by atoms with van der Waals surface area (Å²) < 4.78 is 27.9. The third kappa shape index (κ3) is 4.98. The van der Waals surface area contributed by atoms with Crippen LogP contribution in [-0.2, 0) is 16.6 Å². The molecular formula is C21H19ClN2O3S. The number of carbonyl (C=O) groups excluding carboxylic acids is 1. The van der Waals surface area contributed by atoms with Crippen LogP contribution in [0.4, 0.5) is 5.69 Å². The van der Waals surface area contributed by atoms with Crippen LogP contribution in [0.2, 0.25) is 5.02 Å². The lowest BCUT2D eigenvalue weighted by Gasteiger charge is -2.11. The Hall–Kier alpha value is -2.67. The lowest BCUT2D eigenvalue weighted by atomic mass is 10.2. The first-order valence-electron chi connectivity index (χ1n) is 8.56. The largest absolute Gasteiger partial charge is 0.322 e. The summed E-state index contributed by atoms with van der Waals surface area (Å²) in [5, 5.41) is 2.81. The predicted molar refractivity (Wildman–Crippen MR) is 111 cm³/mol. The van der Waals surface area contributed by atoms with E-state index in [1.54, 1.807) is 6.07 Å². The highest BCUT2D eigenvalue weighted by molar-refractivity contribution is 7.89. The van der Waals surface area contributed by atoms with Crippen LogP contribution in [0, 0.1) is 6.92 Å². The van der Waals surface area contributed by atoms with Gasteiger partial charge >= 0.3 is 0 Å². The second-order valence-corrected chi connectivity index (χ2v) is 8.42. The minimum absolute atomic E-state index is 0.0488. The van der Waals surface area contributed by atoms with E-state index in [0.29, 0.717) is 5.69 Å². The first kappa shape index (κ1) is 20.1. The highest BCUT2D eigenvalue weighted by atomic mass is 35.5. The second-order valence-electron chi connectivity index (χ2n) is 6.28. The molecule has 5 nitrogen and oxygen atoms in total. The van der Waals surface area contributed by atoms with Gasteiger partial charge in [0.05, 0.1) is 5.02 Å². The number of nitrogens with one attached hydrogen (secondary N) is 2. The van der Waals surface area contributed by atoms with E-state index in [2.05, 4.69) is 10.0 Å². The summed E-state index contributed by atoms with van der Waals surface area (Å²) in [6.45, 7) is 2.04. The van der Waals surface area contributed by atoms with Gasteiger partial charge in [0.25, 0.3) is 5.91 Å². The molecule has 0 aliphatic carbocycles. The van der Waals surface area contributed by atoms with E-state index in [4.69, 9.17) is 11.6 Å². The lowest BCUT2D eigenvalue weighted by molar-refractivity contribution is 0.102. The molecule has 0 atom stereocenters. The number of hydrogen-bond acceptors (Lipinski definition) is 3. The van der Waals surface area contributed by atoms with E-state index in [1.807, 2.05) is 55.5 Å². The molecule has 3 aromatic carbocycles. The van der Waals surface area contributed by atoms with E-state index < -0.39 is 15.9 Å². The standard InChI is InChI=1S/C21H19ClN2O3S/c1-15-6-5-9-18(12-15)24-21(25)17-10-11-19(22)20(13-17)28(26,27)23-14-16-7-3-2-4-8-16/h2-13,23H,14H2,1H3,(H,24,25). The van der Waals surface area contributed by atoms with Crippen LogP contribution in [0.15, 0.2) is 77.7 Å². The molecule has 2 N–H and O–H groups in total. The number of sulfonamides is 1. The third-order valence-corrected chi connectivity index (χ3v) is 5.95. The van der Waals surface area contributed by atoms with Crippen molar-refractivity contribution in [2.24, 2.45) is 0 Å². The summed E-state index contributed by atoms with van der Waals surface area (Å²) in [6.07, 6.45) is 0. The SMILES string of the molecule is Cc1cccc(NC(=O)c2ccc(Cl)c(S(=O)(=O)NCc3ccccc3)c2)c1. The monoisotopic (exact) mass is 414 g/mol. The van der Waals surface area contributed by atoms with Crippen LogP contribution < -0.4 is 10.0 Å². The number of hydrogen-bond donors (Lipinski definition) is 2. The Morgan fingerprint density at radius 2 is 1.71 bits per heavy atom. The summed E-state index contributed by atoms with van der Waals surface area (Å²) in [7, 11) is -3.89. The van der Waals surface area contributed by atoms with Crippen molar-refractivity contribution < 1.29 is 13.2 Å². The van der Waals surface area contributed by atoms with Gasteiger partial charge in [-0.05, 0) is 48.4 Å². The molecule has 0 heterocycles. The van der Waals surface area contributed by atoms with Gasteiger partial charge < -0.3 is 5.32 Å². The van der Waals surface area contributed by atoms with Crippen molar-refractivity contribution >= 4 is 33.2 Å². The molecule has 144 valence electrons. The zero-order chi connectivity index (χ0) is 20.1. The normalized spacial score (nSPS) is 11.2. The Morgan fingerprint density at radius 1 is 0.964 bits per heavy atom. The molecule has 3 rings (SSSR count). The zero-order valence-corrected chi connectivity index (χ0v) is 16.7. The molecule has 7 heteroatoms. The summed E-state index contributed by atoms with van der Waals surface area (Å²) in [6, 6.07) is 20.6. The number of rotatable bonds is 6. The molecule has 0 aromatic heterocycles. The molecule has 0 saturated heterocycles. The molecule has 1 amide bonds. The van der Waals surface area contributed by atoms with Crippen LogP contribution in [-0.4, -0.2) is 14.3 Å². The summed E-state index contributed by atoms with van der Waals surface area (Å²) in [5.41, 5.74) is 2.65. The number of amides is 1. The molecule has 0 spiro atoms. The van der Waals surface area contributed by atoms with Crippen molar-refractivity contribution in [1.82, 2.24) is 4.72 Å². The smallest absolute Gasteiger partial charge is 0.255 e. The molecule has 0 fully saturated rings. The maximum absolute atomic E-state index is 12.7. The predicted octanol–water partition coefficient (Wildman–Crippen LogP) is 4.38. The summed E-state index contributed by atoms with van der Waals surface area (Å²) in [5.74, 6) is -0.415. The Morgan fingerprint density at radius 3 is 2.43 bits per heavy atom. The van der Waals surface area contributed by atoms with Crippen molar-refractivity contribution in [2.45, 2.75) is 18.4 Å². The molecule has 0 unspecified atom stereocenters. The third-order valence-electron chi connectivity index (χ3n) is 4.07.